The predicted octanol–water partition coefficient (Wildman–Crippen LogP) is 1.99. The summed E-state index contributed by atoms with van der Waals surface area (Å²) in [6.07, 6.45) is 0.692. The minimum Gasteiger partial charge on any atom is -0.480 e. The summed E-state index contributed by atoms with van der Waals surface area (Å²) in [5, 5.41) is 12.5. The Balaban J connectivity index is 2.85. The Kier molecular flexibility index (Phi) is 4.84. The number of aliphatic carboxylic acids is 1. The van der Waals surface area contributed by atoms with Gasteiger partial charge in [-0.3, -0.25) is 4.79 Å². The van der Waals surface area contributed by atoms with Crippen LogP contribution in [0.3, 0.4) is 0 Å². The topological polar surface area (TPSA) is 79.3 Å². The van der Waals surface area contributed by atoms with E-state index in [1.54, 1.807) is 6.92 Å². The lowest BCUT2D eigenvalue weighted by molar-refractivity contribution is -0.140. The van der Waals surface area contributed by atoms with Crippen LogP contribution in [0.4, 0.5) is 0 Å². The highest BCUT2D eigenvalue weighted by Crippen LogP contribution is 2.18. The van der Waals surface area contributed by atoms with Crippen molar-refractivity contribution in [1.29, 1.82) is 0 Å². The van der Waals surface area contributed by atoms with E-state index in [0.29, 0.717) is 17.0 Å². The van der Waals surface area contributed by atoms with Gasteiger partial charge in [-0.25, -0.2) is 9.78 Å². The van der Waals surface area contributed by atoms with Crippen LogP contribution in [0.5, 0.6) is 0 Å². The van der Waals surface area contributed by atoms with E-state index in [2.05, 4.69) is 10.3 Å². The Hall–Kier alpha value is -1.43. The summed E-state index contributed by atoms with van der Waals surface area (Å²) < 4.78 is 0. The van der Waals surface area contributed by atoms with Gasteiger partial charge in [-0.1, -0.05) is 20.3 Å². The standard InChI is InChI=1S/C12H18N2O3S/c1-5-6(2)9(12(16)17)14-11(15)10-7(3)13-8(4)18-10/h6,9H,5H2,1-4H3,(H,14,15)(H,16,17)/t6-,9+/m1/s1. The molecule has 0 spiro atoms. The molecule has 1 amide bonds. The van der Waals surface area contributed by atoms with E-state index in [4.69, 9.17) is 5.11 Å². The van der Waals surface area contributed by atoms with E-state index in [-0.39, 0.29) is 11.8 Å². The molecule has 1 heterocycles. The average molecular weight is 270 g/mol. The van der Waals surface area contributed by atoms with Crippen molar-refractivity contribution < 1.29 is 14.7 Å². The number of carboxylic acid groups (broad SMARTS) is 1. The summed E-state index contributed by atoms with van der Waals surface area (Å²) >= 11 is 1.28. The highest BCUT2D eigenvalue weighted by molar-refractivity contribution is 7.13. The zero-order valence-electron chi connectivity index (χ0n) is 11.0. The smallest absolute Gasteiger partial charge is 0.326 e. The SMILES string of the molecule is CC[C@@H](C)[C@H](NC(=O)c1sc(C)nc1C)C(=O)O. The van der Waals surface area contributed by atoms with Gasteiger partial charge in [-0.05, 0) is 19.8 Å². The zero-order valence-corrected chi connectivity index (χ0v) is 11.8. The largest absolute Gasteiger partial charge is 0.480 e. The fourth-order valence-electron chi connectivity index (χ4n) is 1.63. The van der Waals surface area contributed by atoms with Gasteiger partial charge in [0.25, 0.3) is 5.91 Å². The number of carbonyl (C=O) groups excluding carboxylic acids is 1. The molecular weight excluding hydrogens is 252 g/mol. The molecule has 1 aromatic rings. The van der Waals surface area contributed by atoms with Crippen LogP contribution in [0.1, 0.15) is 40.6 Å². The number of hydrogen-bond acceptors (Lipinski definition) is 4. The molecule has 0 bridgehead atoms. The monoisotopic (exact) mass is 270 g/mol. The number of nitrogens with zero attached hydrogens (tertiary/aromatic N) is 1. The van der Waals surface area contributed by atoms with Gasteiger partial charge in [0.2, 0.25) is 0 Å². The number of hydrogen-bond donors (Lipinski definition) is 2. The molecule has 100 valence electrons. The molecule has 18 heavy (non-hydrogen) atoms. The maximum atomic E-state index is 12.0. The van der Waals surface area contributed by atoms with Crippen LogP contribution < -0.4 is 5.32 Å². The van der Waals surface area contributed by atoms with Gasteiger partial charge < -0.3 is 10.4 Å². The van der Waals surface area contributed by atoms with Crippen molar-refractivity contribution in [2.24, 2.45) is 5.92 Å². The van der Waals surface area contributed by atoms with Gasteiger partial charge in [0.1, 0.15) is 10.9 Å². The molecule has 0 unspecified atom stereocenters. The number of carbonyl (C=O) groups is 2. The molecule has 0 aliphatic rings. The van der Waals surface area contributed by atoms with Crippen LogP contribution in [0.15, 0.2) is 0 Å². The molecule has 1 rings (SSSR count). The Morgan fingerprint density at radius 2 is 2.06 bits per heavy atom. The van der Waals surface area contributed by atoms with Gasteiger partial charge in [0.15, 0.2) is 0 Å². The average Bonchev–Trinajstić information content (AvgIpc) is 2.63. The molecular formula is C12H18N2O3S. The van der Waals surface area contributed by atoms with Gasteiger partial charge in [0, 0.05) is 0 Å². The van der Waals surface area contributed by atoms with Gasteiger partial charge >= 0.3 is 5.97 Å². The molecule has 0 aliphatic heterocycles. The molecule has 0 aromatic carbocycles. The number of thiazole rings is 1. The summed E-state index contributed by atoms with van der Waals surface area (Å²) in [5.74, 6) is -1.47. The van der Waals surface area contributed by atoms with E-state index in [1.165, 1.54) is 11.3 Å². The Morgan fingerprint density at radius 3 is 2.44 bits per heavy atom. The highest BCUT2D eigenvalue weighted by atomic mass is 32.1. The summed E-state index contributed by atoms with van der Waals surface area (Å²) in [4.78, 5) is 27.8. The van der Waals surface area contributed by atoms with E-state index in [1.807, 2.05) is 20.8 Å². The number of carboxylic acids is 1. The predicted molar refractivity (Wildman–Crippen MR) is 69.9 cm³/mol. The summed E-state index contributed by atoms with van der Waals surface area (Å²) in [7, 11) is 0. The number of amides is 1. The first-order valence-electron chi connectivity index (χ1n) is 5.84. The zero-order chi connectivity index (χ0) is 13.9. The number of aryl methyl sites for hydroxylation is 2. The second-order valence-corrected chi connectivity index (χ2v) is 5.53. The molecule has 6 heteroatoms. The third-order valence-corrected chi connectivity index (χ3v) is 3.95. The fraction of sp³-hybridized carbons (Fsp3) is 0.583. The fourth-order valence-corrected chi connectivity index (χ4v) is 2.45. The summed E-state index contributed by atoms with van der Waals surface area (Å²) in [6, 6.07) is -0.857. The molecule has 2 atom stereocenters. The van der Waals surface area contributed by atoms with E-state index < -0.39 is 12.0 Å². The van der Waals surface area contributed by atoms with E-state index in [0.717, 1.165) is 5.01 Å². The number of nitrogens with one attached hydrogen (secondary N) is 1. The first-order chi connectivity index (χ1) is 8.36. The third-order valence-electron chi connectivity index (χ3n) is 2.88. The number of rotatable bonds is 5. The lowest BCUT2D eigenvalue weighted by Gasteiger charge is -2.19. The van der Waals surface area contributed by atoms with Crippen LogP contribution >= 0.6 is 11.3 Å². The minimum absolute atomic E-state index is 0.110. The van der Waals surface area contributed by atoms with E-state index in [9.17, 15) is 9.59 Å². The second kappa shape index (κ2) is 5.95. The molecule has 0 aliphatic carbocycles. The van der Waals surface area contributed by atoms with Gasteiger partial charge in [-0.2, -0.15) is 0 Å². The van der Waals surface area contributed by atoms with Crippen molar-refractivity contribution in [2.45, 2.75) is 40.2 Å². The Bertz CT molecular complexity index is 456. The molecule has 2 N–H and O–H groups in total. The van der Waals surface area contributed by atoms with Crippen LogP contribution in [-0.2, 0) is 4.79 Å². The first-order valence-corrected chi connectivity index (χ1v) is 6.66. The van der Waals surface area contributed by atoms with Crippen LogP contribution in [0.25, 0.3) is 0 Å². The second-order valence-electron chi connectivity index (χ2n) is 4.32. The van der Waals surface area contributed by atoms with Crippen molar-refractivity contribution in [2.75, 3.05) is 0 Å². The molecule has 0 saturated carbocycles. The van der Waals surface area contributed by atoms with Crippen molar-refractivity contribution in [3.05, 3.63) is 15.6 Å². The summed E-state index contributed by atoms with van der Waals surface area (Å²) in [6.45, 7) is 7.27. The molecule has 1 aromatic heterocycles. The normalized spacial score (nSPS) is 14.0. The Labute approximate surface area is 110 Å². The first kappa shape index (κ1) is 14.6. The van der Waals surface area contributed by atoms with Gasteiger partial charge in [-0.15, -0.1) is 11.3 Å². The van der Waals surface area contributed by atoms with Crippen molar-refractivity contribution in [3.63, 3.8) is 0 Å². The number of aromatic nitrogens is 1. The lowest BCUT2D eigenvalue weighted by atomic mass is 9.99. The molecule has 0 fully saturated rings. The Morgan fingerprint density at radius 1 is 1.44 bits per heavy atom. The van der Waals surface area contributed by atoms with Crippen LogP contribution in [-0.4, -0.2) is 28.0 Å². The van der Waals surface area contributed by atoms with Crippen molar-refractivity contribution >= 4 is 23.2 Å². The van der Waals surface area contributed by atoms with Gasteiger partial charge in [0.05, 0.1) is 10.7 Å². The third kappa shape index (κ3) is 3.29. The van der Waals surface area contributed by atoms with Crippen LogP contribution in [0.2, 0.25) is 0 Å². The molecule has 0 radical (unpaired) electrons. The van der Waals surface area contributed by atoms with E-state index >= 15 is 0 Å². The molecule has 5 nitrogen and oxygen atoms in total. The van der Waals surface area contributed by atoms with Crippen molar-refractivity contribution in [1.82, 2.24) is 10.3 Å². The van der Waals surface area contributed by atoms with Crippen LogP contribution in [0, 0.1) is 19.8 Å². The minimum atomic E-state index is -1.00. The molecule has 0 saturated heterocycles. The summed E-state index contributed by atoms with van der Waals surface area (Å²) in [5.41, 5.74) is 0.642. The lowest BCUT2D eigenvalue weighted by Crippen LogP contribution is -2.44. The highest BCUT2D eigenvalue weighted by Gasteiger charge is 2.27. The van der Waals surface area contributed by atoms with Crippen molar-refractivity contribution in [3.8, 4) is 0 Å². The maximum Gasteiger partial charge on any atom is 0.326 e. The quantitative estimate of drug-likeness (QED) is 0.857. The maximum absolute atomic E-state index is 12.0.